The van der Waals surface area contributed by atoms with Crippen molar-refractivity contribution in [2.24, 2.45) is 11.5 Å². The van der Waals surface area contributed by atoms with Gasteiger partial charge in [-0.05, 0) is 48.5 Å². The Morgan fingerprint density at radius 1 is 0.548 bits per heavy atom. The summed E-state index contributed by atoms with van der Waals surface area (Å²) >= 11 is 0. The van der Waals surface area contributed by atoms with E-state index in [9.17, 15) is 19.8 Å². The van der Waals surface area contributed by atoms with Crippen molar-refractivity contribution in [3.8, 4) is 11.5 Å². The van der Waals surface area contributed by atoms with E-state index in [-0.39, 0.29) is 39.6 Å². The Labute approximate surface area is 234 Å². The molecule has 0 saturated carbocycles. The molecule has 230 valence electrons. The normalized spacial score (nSPS) is 11.2. The maximum absolute atomic E-state index is 10.8. The zero-order valence-corrected chi connectivity index (χ0v) is 36.4. The van der Waals surface area contributed by atoms with Crippen molar-refractivity contribution < 1.29 is 53.3 Å². The Hall–Kier alpha value is -5.30. The SMILES string of the molecule is [CH2-]OCC(O)CO[CH2-].[CH2-]OCC(O)COc1ccc(C(N)=O)cc1.[CH2-]OCC(O)COc1ccc(C(N)=O)cc1.[Rf].[Rf]. The first-order chi connectivity index (χ1) is 19.1. The fraction of sp³-hybridized carbons (Fsp3) is 0.333. The van der Waals surface area contributed by atoms with Crippen molar-refractivity contribution in [2.75, 3.05) is 39.6 Å². The van der Waals surface area contributed by atoms with Crippen LogP contribution in [0.5, 0.6) is 11.5 Å². The molecule has 2 atom stereocenters. The molecule has 2 aromatic carbocycles. The first-order valence-corrected chi connectivity index (χ1v) is 11.6. The van der Waals surface area contributed by atoms with Crippen molar-refractivity contribution in [1.82, 2.24) is 0 Å². The van der Waals surface area contributed by atoms with Crippen LogP contribution in [0.4, 0.5) is 0 Å². The van der Waals surface area contributed by atoms with Gasteiger partial charge < -0.3 is 55.2 Å². The molecular weight excluding hydrogens is 1060 g/mol. The molecule has 2 rings (SSSR count). The summed E-state index contributed by atoms with van der Waals surface area (Å²) in [5.41, 5.74) is 11.0. The Kier molecular flexibility index (Phi) is 24.2. The summed E-state index contributed by atoms with van der Waals surface area (Å²) in [6.07, 6.45) is -2.06. The maximum atomic E-state index is 10.8. The number of carbonyl (C=O) groups excluding carboxylic acids is 2. The van der Waals surface area contributed by atoms with Gasteiger partial charge in [-0.25, -0.2) is 28.4 Å². The third kappa shape index (κ3) is 19.7. The number of nitrogens with two attached hydrogens (primary N) is 2. The minimum atomic E-state index is -0.728. The van der Waals surface area contributed by atoms with E-state index < -0.39 is 30.1 Å². The first-order valence-electron chi connectivity index (χ1n) is 11.6. The summed E-state index contributed by atoms with van der Waals surface area (Å²) in [5, 5.41) is 27.3. The molecule has 13 nitrogen and oxygen atoms in total. The fourth-order valence-electron chi connectivity index (χ4n) is 2.50. The predicted molar refractivity (Wildman–Crippen MR) is 144 cm³/mol. The van der Waals surface area contributed by atoms with E-state index in [4.69, 9.17) is 26.0 Å². The average molecular weight is 1100 g/mol. The zero-order valence-electron chi connectivity index (χ0n) is 23.6. The monoisotopic (exact) mass is 1100 g/mol. The van der Waals surface area contributed by atoms with Crippen LogP contribution in [0.1, 0.15) is 20.7 Å². The van der Waals surface area contributed by atoms with Crippen molar-refractivity contribution in [2.45, 2.75) is 18.3 Å². The number of primary amides is 2. The van der Waals surface area contributed by atoms with Crippen LogP contribution in [-0.4, -0.2) is 85.1 Å². The van der Waals surface area contributed by atoms with Gasteiger partial charge in [-0.3, -0.25) is 9.59 Å². The number of benzene rings is 2. The van der Waals surface area contributed by atoms with Gasteiger partial charge in [0, 0.05) is 37.6 Å². The van der Waals surface area contributed by atoms with Gasteiger partial charge in [0.2, 0.25) is 11.8 Å². The number of amides is 2. The van der Waals surface area contributed by atoms with Gasteiger partial charge in [-0.1, -0.05) is 0 Å². The molecule has 2 unspecified atom stereocenters. The molecule has 0 fully saturated rings. The molecule has 0 spiro atoms. The second kappa shape index (κ2) is 24.7. The van der Waals surface area contributed by atoms with Gasteiger partial charge in [0.05, 0.1) is 6.10 Å². The molecule has 0 saturated heterocycles. The van der Waals surface area contributed by atoms with Crippen LogP contribution >= 0.6 is 0 Å². The predicted octanol–water partition coefficient (Wildman–Crippen LogP) is 0.630. The number of hydrogen-bond donors (Lipinski definition) is 5. The second-order valence-electron chi connectivity index (χ2n) is 7.84. The molecule has 0 aliphatic rings. The van der Waals surface area contributed by atoms with Gasteiger partial charge in [-0.2, -0.15) is 0 Å². The summed E-state index contributed by atoms with van der Waals surface area (Å²) in [6, 6.07) is 12.7. The number of ether oxygens (including phenoxy) is 6. The summed E-state index contributed by atoms with van der Waals surface area (Å²) in [4.78, 5) is 21.6. The van der Waals surface area contributed by atoms with Crippen LogP contribution in [0.25, 0.3) is 0 Å². The molecule has 0 radical (unpaired) electrons. The Bertz CT molecular complexity index is 863. The van der Waals surface area contributed by atoms with Crippen LogP contribution in [0.15, 0.2) is 48.5 Å². The fourth-order valence-corrected chi connectivity index (χ4v) is 2.50. The van der Waals surface area contributed by atoms with E-state index in [1.54, 1.807) is 48.5 Å². The summed E-state index contributed by atoms with van der Waals surface area (Å²) in [7, 11) is 12.4. The number of aliphatic hydroxyl groups excluding tert-OH is 3. The molecule has 0 aliphatic carbocycles. The number of hydrogen-bond acceptors (Lipinski definition) is 11. The van der Waals surface area contributed by atoms with Gasteiger partial charge in [0.1, 0.15) is 36.9 Å². The second-order valence-corrected chi connectivity index (χ2v) is 7.84. The van der Waals surface area contributed by atoms with Crippen LogP contribution in [0.2, 0.25) is 0 Å². The average Bonchev–Trinajstić information content (AvgIpc) is 2.92. The van der Waals surface area contributed by atoms with Gasteiger partial charge in [0.25, 0.3) is 0 Å². The van der Waals surface area contributed by atoms with Gasteiger partial charge in [0.15, 0.2) is 0 Å². The maximum Gasteiger partial charge on any atom is 0.248 e. The third-order valence-electron chi connectivity index (χ3n) is 4.40. The van der Waals surface area contributed by atoms with Crippen LogP contribution in [0.3, 0.4) is 0 Å². The summed E-state index contributed by atoms with van der Waals surface area (Å²) in [5.74, 6) is 0.121. The van der Waals surface area contributed by atoms with Crippen molar-refractivity contribution in [3.05, 3.63) is 88.1 Å². The molecule has 2 amide bonds. The molecular formula is C27H38N2O11Rf2-4. The van der Waals surface area contributed by atoms with Crippen molar-refractivity contribution in [1.29, 1.82) is 0 Å². The van der Waals surface area contributed by atoms with Gasteiger partial charge in [-0.15, -0.1) is 0 Å². The van der Waals surface area contributed by atoms with E-state index in [2.05, 4.69) is 47.4 Å². The molecule has 0 aliphatic heterocycles. The smallest absolute Gasteiger partial charge is 0.248 e. The van der Waals surface area contributed by atoms with Crippen LogP contribution in [0, 0.1) is 28.4 Å². The Morgan fingerprint density at radius 2 is 0.786 bits per heavy atom. The minimum absolute atomic E-state index is 0. The molecule has 0 heterocycles. The van der Waals surface area contributed by atoms with Crippen LogP contribution < -0.4 is 20.9 Å². The number of rotatable bonds is 16. The molecule has 7 N–H and O–H groups in total. The largest absolute Gasteiger partial charge is 0.553 e. The molecule has 0 bridgehead atoms. The summed E-state index contributed by atoms with van der Waals surface area (Å²) in [6.45, 7) is 0.806. The third-order valence-corrected chi connectivity index (χ3v) is 4.40. The van der Waals surface area contributed by atoms with E-state index in [0.29, 0.717) is 22.6 Å². The Balaban J connectivity index is -0.000000560. The van der Waals surface area contributed by atoms with Crippen LogP contribution in [-0.2, 0) is 18.9 Å². The number of carbonyl (C=O) groups is 2. The topological polar surface area (TPSA) is 202 Å². The number of aliphatic hydroxyl groups is 3. The van der Waals surface area contributed by atoms with E-state index in [1.807, 2.05) is 0 Å². The molecule has 0 aromatic heterocycles. The standard InChI is InChI=1S/2C11H14NO4.C5H10O3.2Rf/c2*1-15-6-9(13)7-16-10-4-2-8(3-5-10)11(12)14;1-7-3-5(6)4-8-2;;/h2*2-5,9,13H,1,6-7H2,(H2,12,14);5-6H,1-4H2;;/q2*-1;-2;;. The van der Waals surface area contributed by atoms with Crippen molar-refractivity contribution >= 4 is 11.8 Å². The van der Waals surface area contributed by atoms with E-state index in [1.165, 1.54) is 0 Å². The first kappa shape index (κ1) is 41.2. The summed E-state index contributed by atoms with van der Waals surface area (Å²) < 4.78 is 28.2. The quantitative estimate of drug-likeness (QED) is 0.148. The minimum Gasteiger partial charge on any atom is -0.553 e. The van der Waals surface area contributed by atoms with Crippen molar-refractivity contribution in [3.63, 3.8) is 0 Å². The zero-order chi connectivity index (χ0) is 30.3. The Morgan fingerprint density at radius 3 is 1.00 bits per heavy atom. The molecule has 2 aromatic rings. The van der Waals surface area contributed by atoms with E-state index >= 15 is 0 Å². The van der Waals surface area contributed by atoms with Gasteiger partial charge >= 0.3 is 0 Å². The molecule has 15 heteroatoms. The van der Waals surface area contributed by atoms with E-state index in [0.717, 1.165) is 0 Å². The molecule has 42 heavy (non-hydrogen) atoms.